The van der Waals surface area contributed by atoms with Gasteiger partial charge >= 0.3 is 0 Å². The monoisotopic (exact) mass is 284 g/mol. The van der Waals surface area contributed by atoms with Crippen LogP contribution in [0, 0.1) is 0 Å². The fourth-order valence-electron chi connectivity index (χ4n) is 1.94. The van der Waals surface area contributed by atoms with E-state index in [4.69, 9.17) is 0 Å². The average Bonchev–Trinajstić information content (AvgIpc) is 2.30. The average molecular weight is 284 g/mol. The molecule has 0 aromatic heterocycles. The Kier molecular flexibility index (Phi) is 6.15. The molecule has 19 heavy (non-hydrogen) atoms. The molecule has 0 amide bonds. The Morgan fingerprint density at radius 3 is 2.37 bits per heavy atom. The predicted octanol–water partition coefficient (Wildman–Crippen LogP) is 3.44. The van der Waals surface area contributed by atoms with Crippen molar-refractivity contribution in [1.82, 2.24) is 0 Å². The Hall–Kier alpha value is -1.23. The van der Waals surface area contributed by atoms with E-state index >= 15 is 0 Å². The molecule has 0 radical (unpaired) electrons. The van der Waals surface area contributed by atoms with Crippen molar-refractivity contribution in [1.29, 1.82) is 0 Å². The van der Waals surface area contributed by atoms with Crippen LogP contribution in [0.3, 0.4) is 0 Å². The van der Waals surface area contributed by atoms with Crippen LogP contribution in [-0.4, -0.2) is 20.7 Å². The lowest BCUT2D eigenvalue weighted by Gasteiger charge is -2.18. The zero-order valence-corrected chi connectivity index (χ0v) is 12.8. The van der Waals surface area contributed by atoms with Gasteiger partial charge in [-0.2, -0.15) is 0 Å². The number of anilines is 2. The number of hydrogen-bond acceptors (Lipinski definition) is 3. The first-order valence-corrected chi connectivity index (χ1v) is 8.65. The second-order valence-corrected chi connectivity index (χ2v) is 6.71. The van der Waals surface area contributed by atoms with E-state index in [-0.39, 0.29) is 0 Å². The van der Waals surface area contributed by atoms with E-state index in [1.165, 1.54) is 19.3 Å². The maximum Gasteiger partial charge on any atom is 0.229 e. The van der Waals surface area contributed by atoms with Gasteiger partial charge in [0.1, 0.15) is 0 Å². The molecule has 1 aromatic rings. The molecule has 5 heteroatoms. The highest BCUT2D eigenvalue weighted by Gasteiger charge is 2.09. The van der Waals surface area contributed by atoms with Crippen LogP contribution in [-0.2, 0) is 10.0 Å². The minimum Gasteiger partial charge on any atom is -0.381 e. The summed E-state index contributed by atoms with van der Waals surface area (Å²) in [4.78, 5) is 0. The standard InChI is InChI=1S/C14H24N2O2S/c1-4-5-6-9-12(2)15-13-10-7-8-11-14(13)16-19(3,17)18/h7-8,10-12,15-16H,4-6,9H2,1-3H3. The summed E-state index contributed by atoms with van der Waals surface area (Å²) in [6.07, 6.45) is 5.87. The van der Waals surface area contributed by atoms with Crippen LogP contribution in [0.4, 0.5) is 11.4 Å². The molecule has 1 aromatic carbocycles. The third kappa shape index (κ3) is 6.47. The summed E-state index contributed by atoms with van der Waals surface area (Å²) in [7, 11) is -3.25. The van der Waals surface area contributed by atoms with Crippen molar-refractivity contribution in [3.63, 3.8) is 0 Å². The fourth-order valence-corrected chi connectivity index (χ4v) is 2.51. The zero-order valence-electron chi connectivity index (χ0n) is 11.9. The molecular formula is C14H24N2O2S. The molecule has 0 aliphatic heterocycles. The number of nitrogens with one attached hydrogen (secondary N) is 2. The fraction of sp³-hybridized carbons (Fsp3) is 0.571. The quantitative estimate of drug-likeness (QED) is 0.719. The van der Waals surface area contributed by atoms with Crippen molar-refractivity contribution < 1.29 is 8.42 Å². The molecule has 108 valence electrons. The molecule has 0 aliphatic rings. The van der Waals surface area contributed by atoms with Gasteiger partial charge in [0.05, 0.1) is 17.6 Å². The van der Waals surface area contributed by atoms with Gasteiger partial charge < -0.3 is 5.32 Å². The second-order valence-electron chi connectivity index (χ2n) is 4.96. The van der Waals surface area contributed by atoms with Crippen molar-refractivity contribution in [3.8, 4) is 0 Å². The van der Waals surface area contributed by atoms with Crippen LogP contribution >= 0.6 is 0 Å². The summed E-state index contributed by atoms with van der Waals surface area (Å²) in [5, 5.41) is 3.37. The summed E-state index contributed by atoms with van der Waals surface area (Å²) in [6.45, 7) is 4.30. The van der Waals surface area contributed by atoms with E-state index in [0.29, 0.717) is 11.7 Å². The van der Waals surface area contributed by atoms with Gasteiger partial charge in [0.2, 0.25) is 10.0 Å². The molecule has 4 nitrogen and oxygen atoms in total. The van der Waals surface area contributed by atoms with Crippen LogP contribution in [0.1, 0.15) is 39.5 Å². The molecule has 0 saturated heterocycles. The Morgan fingerprint density at radius 1 is 1.16 bits per heavy atom. The van der Waals surface area contributed by atoms with E-state index in [0.717, 1.165) is 18.4 Å². The molecule has 0 aliphatic carbocycles. The van der Waals surface area contributed by atoms with E-state index in [9.17, 15) is 8.42 Å². The van der Waals surface area contributed by atoms with E-state index in [1.807, 2.05) is 18.2 Å². The molecular weight excluding hydrogens is 260 g/mol. The van der Waals surface area contributed by atoms with Gasteiger partial charge in [-0.3, -0.25) is 4.72 Å². The molecule has 2 N–H and O–H groups in total. The molecule has 0 saturated carbocycles. The third-order valence-electron chi connectivity index (χ3n) is 2.87. The third-order valence-corrected chi connectivity index (χ3v) is 3.46. The Labute approximate surface area is 116 Å². The topological polar surface area (TPSA) is 58.2 Å². The summed E-state index contributed by atoms with van der Waals surface area (Å²) in [5.74, 6) is 0. The maximum atomic E-state index is 11.3. The minimum atomic E-state index is -3.25. The number of hydrogen-bond donors (Lipinski definition) is 2. The SMILES string of the molecule is CCCCCC(C)Nc1ccccc1NS(C)(=O)=O. The number of para-hydroxylation sites is 2. The van der Waals surface area contributed by atoms with Crippen molar-refractivity contribution in [2.45, 2.75) is 45.6 Å². The van der Waals surface area contributed by atoms with Crippen molar-refractivity contribution in [2.75, 3.05) is 16.3 Å². The van der Waals surface area contributed by atoms with Gasteiger partial charge in [-0.15, -0.1) is 0 Å². The van der Waals surface area contributed by atoms with Crippen LogP contribution in [0.2, 0.25) is 0 Å². The highest BCUT2D eigenvalue weighted by molar-refractivity contribution is 7.92. The lowest BCUT2D eigenvalue weighted by molar-refractivity contribution is 0.606. The van der Waals surface area contributed by atoms with Crippen molar-refractivity contribution >= 4 is 21.4 Å². The smallest absolute Gasteiger partial charge is 0.229 e. The van der Waals surface area contributed by atoms with Gasteiger partial charge in [-0.05, 0) is 25.5 Å². The number of unbranched alkanes of at least 4 members (excludes halogenated alkanes) is 2. The van der Waals surface area contributed by atoms with Gasteiger partial charge in [-0.25, -0.2) is 8.42 Å². The summed E-state index contributed by atoms with van der Waals surface area (Å²) in [6, 6.07) is 7.70. The highest BCUT2D eigenvalue weighted by Crippen LogP contribution is 2.23. The summed E-state index contributed by atoms with van der Waals surface area (Å²) >= 11 is 0. The van der Waals surface area contributed by atoms with Crippen LogP contribution < -0.4 is 10.0 Å². The molecule has 1 unspecified atom stereocenters. The molecule has 1 atom stereocenters. The van der Waals surface area contributed by atoms with Crippen LogP contribution in [0.5, 0.6) is 0 Å². The van der Waals surface area contributed by atoms with E-state index < -0.39 is 10.0 Å². The van der Waals surface area contributed by atoms with E-state index in [2.05, 4.69) is 23.9 Å². The predicted molar refractivity (Wildman–Crippen MR) is 82.1 cm³/mol. The maximum absolute atomic E-state index is 11.3. The van der Waals surface area contributed by atoms with Gasteiger partial charge in [0.25, 0.3) is 0 Å². The molecule has 0 heterocycles. The lowest BCUT2D eigenvalue weighted by Crippen LogP contribution is -2.17. The Morgan fingerprint density at radius 2 is 1.79 bits per heavy atom. The molecule has 0 fully saturated rings. The first kappa shape index (κ1) is 15.8. The lowest BCUT2D eigenvalue weighted by atomic mass is 10.1. The Balaban J connectivity index is 2.67. The van der Waals surface area contributed by atoms with Gasteiger partial charge in [0, 0.05) is 6.04 Å². The Bertz CT molecular complexity index is 486. The zero-order chi connectivity index (χ0) is 14.3. The van der Waals surface area contributed by atoms with Gasteiger partial charge in [0.15, 0.2) is 0 Å². The molecule has 0 bridgehead atoms. The number of sulfonamides is 1. The largest absolute Gasteiger partial charge is 0.381 e. The first-order chi connectivity index (χ1) is 8.92. The first-order valence-electron chi connectivity index (χ1n) is 6.75. The number of rotatable bonds is 8. The summed E-state index contributed by atoms with van der Waals surface area (Å²) in [5.41, 5.74) is 1.43. The number of benzene rings is 1. The minimum absolute atomic E-state index is 0.328. The van der Waals surface area contributed by atoms with Crippen molar-refractivity contribution in [2.24, 2.45) is 0 Å². The molecule has 0 spiro atoms. The van der Waals surface area contributed by atoms with E-state index in [1.54, 1.807) is 6.07 Å². The second kappa shape index (κ2) is 7.38. The van der Waals surface area contributed by atoms with Crippen LogP contribution in [0.15, 0.2) is 24.3 Å². The molecule has 1 rings (SSSR count). The summed E-state index contributed by atoms with van der Waals surface area (Å²) < 4.78 is 25.2. The van der Waals surface area contributed by atoms with Crippen molar-refractivity contribution in [3.05, 3.63) is 24.3 Å². The highest BCUT2D eigenvalue weighted by atomic mass is 32.2. The van der Waals surface area contributed by atoms with Crippen LogP contribution in [0.25, 0.3) is 0 Å². The normalized spacial score (nSPS) is 13.0. The van der Waals surface area contributed by atoms with Gasteiger partial charge in [-0.1, -0.05) is 38.3 Å².